The highest BCUT2D eigenvalue weighted by atomic mass is 35.5. The first-order valence-electron chi connectivity index (χ1n) is 7.86. The SMILES string of the molecule is CC(C)(O)[C@H](N)C(=O)NC/C=C/Cn1cnc2cc(Cl)c(Cl)cc2c1=O. The number of aliphatic hydroxyl groups is 1. The monoisotopic (exact) mass is 398 g/mol. The first kappa shape index (κ1) is 20.4. The van der Waals surface area contributed by atoms with Gasteiger partial charge in [0.05, 0.1) is 32.9 Å². The molecule has 26 heavy (non-hydrogen) atoms. The van der Waals surface area contributed by atoms with Crippen molar-refractivity contribution in [3.63, 3.8) is 0 Å². The molecule has 0 fully saturated rings. The topological polar surface area (TPSA) is 110 Å². The van der Waals surface area contributed by atoms with Crippen molar-refractivity contribution >= 4 is 40.0 Å². The molecule has 0 unspecified atom stereocenters. The van der Waals surface area contributed by atoms with Crippen LogP contribution in [-0.2, 0) is 11.3 Å². The maximum atomic E-state index is 12.4. The number of aromatic nitrogens is 2. The maximum Gasteiger partial charge on any atom is 0.261 e. The van der Waals surface area contributed by atoms with Crippen molar-refractivity contribution in [2.75, 3.05) is 6.54 Å². The van der Waals surface area contributed by atoms with Crippen molar-refractivity contribution in [2.24, 2.45) is 5.73 Å². The van der Waals surface area contributed by atoms with E-state index in [4.69, 9.17) is 28.9 Å². The lowest BCUT2D eigenvalue weighted by atomic mass is 9.99. The molecule has 0 spiro atoms. The Morgan fingerprint density at radius 3 is 2.69 bits per heavy atom. The molecule has 0 aliphatic carbocycles. The van der Waals surface area contributed by atoms with Crippen LogP contribution in [0.5, 0.6) is 0 Å². The maximum absolute atomic E-state index is 12.4. The zero-order valence-corrected chi connectivity index (χ0v) is 15.9. The number of carbonyl (C=O) groups is 1. The van der Waals surface area contributed by atoms with E-state index in [0.717, 1.165) is 0 Å². The van der Waals surface area contributed by atoms with Gasteiger partial charge in [0, 0.05) is 13.1 Å². The van der Waals surface area contributed by atoms with Crippen LogP contribution in [0.2, 0.25) is 10.0 Å². The summed E-state index contributed by atoms with van der Waals surface area (Å²) in [4.78, 5) is 28.4. The fraction of sp³-hybridized carbons (Fsp3) is 0.353. The molecule has 1 aromatic heterocycles. The fourth-order valence-electron chi connectivity index (χ4n) is 2.15. The van der Waals surface area contributed by atoms with E-state index < -0.39 is 17.6 Å². The smallest absolute Gasteiger partial charge is 0.261 e. The van der Waals surface area contributed by atoms with E-state index in [9.17, 15) is 14.7 Å². The Balaban J connectivity index is 2.01. The first-order valence-corrected chi connectivity index (χ1v) is 8.61. The summed E-state index contributed by atoms with van der Waals surface area (Å²) < 4.78 is 1.41. The number of carbonyl (C=O) groups excluding carboxylic acids is 1. The molecular formula is C17H20Cl2N4O3. The summed E-state index contributed by atoms with van der Waals surface area (Å²) >= 11 is 11.9. The van der Waals surface area contributed by atoms with E-state index in [0.29, 0.717) is 15.9 Å². The molecule has 1 amide bonds. The summed E-state index contributed by atoms with van der Waals surface area (Å²) in [6.07, 6.45) is 4.81. The van der Waals surface area contributed by atoms with Gasteiger partial charge in [-0.1, -0.05) is 35.4 Å². The third kappa shape index (κ3) is 4.82. The van der Waals surface area contributed by atoms with Crippen LogP contribution in [0.3, 0.4) is 0 Å². The second-order valence-electron chi connectivity index (χ2n) is 6.33. The van der Waals surface area contributed by atoms with Crippen molar-refractivity contribution in [1.82, 2.24) is 14.9 Å². The summed E-state index contributed by atoms with van der Waals surface area (Å²) in [6.45, 7) is 3.42. The van der Waals surface area contributed by atoms with Crippen LogP contribution in [0.1, 0.15) is 13.8 Å². The quantitative estimate of drug-likeness (QED) is 0.638. The number of fused-ring (bicyclic) bond motifs is 1. The van der Waals surface area contributed by atoms with Gasteiger partial charge in [0.1, 0.15) is 6.04 Å². The van der Waals surface area contributed by atoms with Crippen molar-refractivity contribution in [3.8, 4) is 0 Å². The molecule has 1 atom stereocenters. The minimum Gasteiger partial charge on any atom is -0.388 e. The Bertz CT molecular complexity index is 903. The minimum absolute atomic E-state index is 0.222. The fourth-order valence-corrected chi connectivity index (χ4v) is 2.47. The lowest BCUT2D eigenvalue weighted by molar-refractivity contribution is -0.126. The van der Waals surface area contributed by atoms with Crippen LogP contribution >= 0.6 is 23.2 Å². The average molecular weight is 399 g/mol. The minimum atomic E-state index is -1.30. The standard InChI is InChI=1S/C17H20Cl2N4O3/c1-17(2,26)14(20)15(24)21-5-3-4-6-23-9-22-13-8-12(19)11(18)7-10(13)16(23)25/h3-4,7-9,14,26H,5-6,20H2,1-2H3,(H,21,24)/b4-3+/t14-/m1/s1. The third-order valence-corrected chi connectivity index (χ3v) is 4.49. The lowest BCUT2D eigenvalue weighted by Gasteiger charge is -2.24. The van der Waals surface area contributed by atoms with Crippen LogP contribution in [0.15, 0.2) is 35.4 Å². The number of rotatable bonds is 6. The summed E-state index contributed by atoms with van der Waals surface area (Å²) in [7, 11) is 0. The average Bonchev–Trinajstić information content (AvgIpc) is 2.56. The molecule has 0 aliphatic heterocycles. The van der Waals surface area contributed by atoms with E-state index in [-0.39, 0.29) is 23.7 Å². The van der Waals surface area contributed by atoms with Gasteiger partial charge < -0.3 is 16.2 Å². The molecule has 1 heterocycles. The Hall–Kier alpha value is -1.93. The van der Waals surface area contributed by atoms with Gasteiger partial charge in [-0.3, -0.25) is 14.2 Å². The third-order valence-electron chi connectivity index (χ3n) is 3.77. The summed E-state index contributed by atoms with van der Waals surface area (Å²) in [6, 6.07) is 2.01. The van der Waals surface area contributed by atoms with E-state index in [2.05, 4.69) is 10.3 Å². The van der Waals surface area contributed by atoms with Crippen LogP contribution in [0.25, 0.3) is 10.9 Å². The van der Waals surface area contributed by atoms with Gasteiger partial charge in [-0.05, 0) is 26.0 Å². The molecule has 140 valence electrons. The predicted octanol–water partition coefficient (Wildman–Crippen LogP) is 1.47. The Morgan fingerprint density at radius 1 is 1.38 bits per heavy atom. The van der Waals surface area contributed by atoms with Crippen LogP contribution in [-0.4, -0.2) is 38.8 Å². The van der Waals surface area contributed by atoms with Gasteiger partial charge in [-0.25, -0.2) is 4.98 Å². The molecule has 1 aromatic carbocycles. The molecule has 0 radical (unpaired) electrons. The number of nitrogens with zero attached hydrogens (tertiary/aromatic N) is 2. The highest BCUT2D eigenvalue weighted by Gasteiger charge is 2.28. The molecule has 0 saturated heterocycles. The van der Waals surface area contributed by atoms with Crippen LogP contribution < -0.4 is 16.6 Å². The Kier molecular flexibility index (Phi) is 6.41. The van der Waals surface area contributed by atoms with Crippen molar-refractivity contribution in [3.05, 3.63) is 51.0 Å². The largest absolute Gasteiger partial charge is 0.388 e. The predicted molar refractivity (Wildman–Crippen MR) is 102 cm³/mol. The second-order valence-corrected chi connectivity index (χ2v) is 7.15. The highest BCUT2D eigenvalue weighted by molar-refractivity contribution is 6.42. The molecule has 0 saturated carbocycles. The molecule has 0 aliphatic rings. The highest BCUT2D eigenvalue weighted by Crippen LogP contribution is 2.24. The lowest BCUT2D eigenvalue weighted by Crippen LogP contribution is -2.53. The van der Waals surface area contributed by atoms with Crippen molar-refractivity contribution in [1.29, 1.82) is 0 Å². The van der Waals surface area contributed by atoms with Gasteiger partial charge in [0.25, 0.3) is 5.56 Å². The Morgan fingerprint density at radius 2 is 2.04 bits per heavy atom. The molecule has 0 bridgehead atoms. The number of hydrogen-bond donors (Lipinski definition) is 3. The summed E-state index contributed by atoms with van der Waals surface area (Å²) in [5, 5.41) is 13.3. The number of nitrogens with two attached hydrogens (primary N) is 1. The van der Waals surface area contributed by atoms with E-state index in [1.54, 1.807) is 18.2 Å². The summed E-state index contributed by atoms with van der Waals surface area (Å²) in [5.74, 6) is -0.460. The van der Waals surface area contributed by atoms with Crippen LogP contribution in [0, 0.1) is 0 Å². The molecular weight excluding hydrogens is 379 g/mol. The number of halogens is 2. The molecule has 4 N–H and O–H groups in total. The molecule has 2 aromatic rings. The number of amides is 1. The van der Waals surface area contributed by atoms with Gasteiger partial charge in [-0.15, -0.1) is 0 Å². The second kappa shape index (κ2) is 8.18. The zero-order valence-electron chi connectivity index (χ0n) is 14.4. The van der Waals surface area contributed by atoms with E-state index in [1.807, 2.05) is 0 Å². The van der Waals surface area contributed by atoms with Crippen molar-refractivity contribution in [2.45, 2.75) is 32.0 Å². The van der Waals surface area contributed by atoms with E-state index in [1.165, 1.54) is 30.8 Å². The zero-order chi connectivity index (χ0) is 19.5. The number of benzene rings is 1. The van der Waals surface area contributed by atoms with Gasteiger partial charge in [0.15, 0.2) is 0 Å². The van der Waals surface area contributed by atoms with E-state index >= 15 is 0 Å². The number of hydrogen-bond acceptors (Lipinski definition) is 5. The van der Waals surface area contributed by atoms with Crippen molar-refractivity contribution < 1.29 is 9.90 Å². The number of nitrogens with one attached hydrogen (secondary N) is 1. The van der Waals surface area contributed by atoms with Gasteiger partial charge in [0.2, 0.25) is 5.91 Å². The van der Waals surface area contributed by atoms with Crippen LogP contribution in [0.4, 0.5) is 0 Å². The van der Waals surface area contributed by atoms with Gasteiger partial charge >= 0.3 is 0 Å². The number of allylic oxidation sites excluding steroid dienone is 1. The summed E-state index contributed by atoms with van der Waals surface area (Å²) in [5.41, 5.74) is 4.56. The van der Waals surface area contributed by atoms with Gasteiger partial charge in [-0.2, -0.15) is 0 Å². The first-order chi connectivity index (χ1) is 12.1. The molecule has 2 rings (SSSR count). The molecule has 7 nitrogen and oxygen atoms in total. The molecule has 9 heteroatoms. The normalized spacial score (nSPS) is 13.3. The Labute approximate surface area is 160 Å².